The summed E-state index contributed by atoms with van der Waals surface area (Å²) in [4.78, 5) is 13.2. The average molecular weight is 1360 g/mol. The molecular weight excluding hydrogens is 1270 g/mol. The van der Waals surface area contributed by atoms with Crippen molar-refractivity contribution in [3.63, 3.8) is 0 Å². The van der Waals surface area contributed by atoms with Crippen molar-refractivity contribution in [2.45, 2.75) is 119 Å². The van der Waals surface area contributed by atoms with E-state index in [1.165, 1.54) is 141 Å². The third kappa shape index (κ3) is 12.3. The molecule has 0 N–H and O–H groups in total. The largest absolute Gasteiger partial charge is 0.338 e. The maximum atomic E-state index is 4.50. The molecule has 516 valence electrons. The molecule has 0 spiro atoms. The van der Waals surface area contributed by atoms with Crippen LogP contribution in [0.15, 0.2) is 298 Å². The van der Waals surface area contributed by atoms with Gasteiger partial charge >= 0.3 is 0 Å². The molecule has 0 aliphatic carbocycles. The molecule has 0 amide bonds. The monoisotopic (exact) mass is 1360 g/mol. The first-order valence-corrected chi connectivity index (χ1v) is 37.0. The summed E-state index contributed by atoms with van der Waals surface area (Å²) in [7, 11) is 0. The second-order valence-electron chi connectivity index (χ2n) is 28.9. The van der Waals surface area contributed by atoms with E-state index in [0.717, 1.165) is 11.2 Å². The van der Waals surface area contributed by atoms with E-state index in [1.807, 2.05) is 36.9 Å². The van der Waals surface area contributed by atoms with Gasteiger partial charge in [-0.05, 0) is 196 Å². The Balaban J connectivity index is 0.000000101. The van der Waals surface area contributed by atoms with Gasteiger partial charge in [0.2, 0.25) is 0 Å². The van der Waals surface area contributed by atoms with Gasteiger partial charge in [-0.2, -0.15) is 0 Å². The Hall–Kier alpha value is -11.8. The van der Waals surface area contributed by atoms with E-state index in [0.29, 0.717) is 36.3 Å². The van der Waals surface area contributed by atoms with Crippen LogP contribution in [0.25, 0.3) is 153 Å². The van der Waals surface area contributed by atoms with Crippen molar-refractivity contribution in [3.8, 4) is 0 Å². The van der Waals surface area contributed by atoms with Crippen LogP contribution in [0.2, 0.25) is 0 Å². The van der Waals surface area contributed by atoms with E-state index in [4.69, 9.17) is 0 Å². The fourth-order valence-corrected chi connectivity index (χ4v) is 16.2. The van der Waals surface area contributed by atoms with Crippen LogP contribution in [0.4, 0.5) is 0 Å². The van der Waals surface area contributed by atoms with Crippen molar-refractivity contribution in [2.75, 3.05) is 0 Å². The van der Waals surface area contributed by atoms with Crippen molar-refractivity contribution in [1.82, 2.24) is 42.4 Å². The molecule has 0 atom stereocenters. The lowest BCUT2D eigenvalue weighted by atomic mass is 10.0. The first kappa shape index (κ1) is 68.0. The number of rotatable bonds is 6. The van der Waals surface area contributed by atoms with Gasteiger partial charge in [-0.3, -0.25) is 9.97 Å². The normalized spacial score (nSPS) is 11.8. The molecule has 9 aromatic heterocycles. The van der Waals surface area contributed by atoms with Crippen molar-refractivity contribution >= 4 is 153 Å². The third-order valence-electron chi connectivity index (χ3n) is 20.3. The average Bonchev–Trinajstić information content (AvgIpc) is 1.54. The Kier molecular flexibility index (Phi) is 18.9. The van der Waals surface area contributed by atoms with E-state index in [9.17, 15) is 0 Å². The van der Waals surface area contributed by atoms with Crippen LogP contribution in [0, 0.1) is 0 Å². The van der Waals surface area contributed by atoms with Crippen LogP contribution in [0.1, 0.15) is 119 Å². The molecule has 0 fully saturated rings. The topological polar surface area (TPSA) is 68.2 Å². The number of hydrogen-bond donors (Lipinski definition) is 0. The highest BCUT2D eigenvalue weighted by atomic mass is 15.1. The minimum absolute atomic E-state index is 0.428. The van der Waals surface area contributed by atoms with E-state index in [2.05, 4.69) is 386 Å². The standard InChI is InChI=1S/2C19H17N.C15H15N.3C14H14N2/c1-13(2)20-18-10-6-5-9-16(18)17-11-14-7-3-4-8-15(14)12-19(17)20;1-13(2)20-17-10-6-5-9-16(17)19-15-8-4-3-7-14(15)11-12-18(19)20;1-11(2)16-14-9-5-3-7-12(14)13-8-4-6-10-15(13)16;1-10(2)16-13-8-4-3-6-11(13)12-7-5-9-15-14(12)16;1-10(2)16-12-7-4-3-6-11(12)14-13(16)8-5-9-15-14;1-10(2)16-13-6-4-3-5-11(13)12-9-15-8-7-14(12)16/h2*3-13H,1-2H3;3-11H,1-2H3;3*3-10H,1-2H3. The zero-order valence-corrected chi connectivity index (χ0v) is 61.8. The molecule has 104 heavy (non-hydrogen) atoms. The van der Waals surface area contributed by atoms with Gasteiger partial charge in [0.25, 0.3) is 0 Å². The molecule has 0 aliphatic heterocycles. The van der Waals surface area contributed by atoms with Crippen LogP contribution in [0.5, 0.6) is 0 Å². The SMILES string of the molecule is CC(C)n1c2ccccc2c2c3ccccc3ccc21.CC(C)n1c2ccccc2c2cc3ccccc3cc21.CC(C)n1c2ccccc2c2ccccc21.CC(C)n1c2ccccc2c2cccnc21.CC(C)n1c2ccccc2c2cnccc21.CC(C)n1c2ccccc2c2ncccc21. The molecule has 0 unspecified atom stereocenters. The van der Waals surface area contributed by atoms with Gasteiger partial charge in [-0.1, -0.05) is 182 Å². The maximum Gasteiger partial charge on any atom is 0.141 e. The second kappa shape index (κ2) is 28.9. The molecule has 0 saturated carbocycles. The minimum Gasteiger partial charge on any atom is -0.338 e. The number of pyridine rings is 3. The zero-order chi connectivity index (χ0) is 71.9. The molecule has 0 bridgehead atoms. The number of para-hydroxylation sites is 7. The Morgan fingerprint density at radius 1 is 0.212 bits per heavy atom. The lowest BCUT2D eigenvalue weighted by molar-refractivity contribution is 0.637. The van der Waals surface area contributed by atoms with Crippen LogP contribution in [-0.4, -0.2) is 42.4 Å². The number of aromatic nitrogens is 9. The predicted octanol–water partition coefficient (Wildman–Crippen LogP) is 26.7. The Bertz CT molecular complexity index is 5780. The van der Waals surface area contributed by atoms with Gasteiger partial charge in [0, 0.05) is 159 Å². The molecule has 0 aliphatic rings. The molecule has 9 heterocycles. The highest BCUT2D eigenvalue weighted by Crippen LogP contribution is 2.40. The van der Waals surface area contributed by atoms with E-state index in [-0.39, 0.29) is 0 Å². The van der Waals surface area contributed by atoms with Crippen LogP contribution in [0.3, 0.4) is 0 Å². The fraction of sp³-hybridized carbons (Fsp3) is 0.189. The summed E-state index contributed by atoms with van der Waals surface area (Å²) in [6.07, 6.45) is 7.54. The maximum absolute atomic E-state index is 4.50. The van der Waals surface area contributed by atoms with Crippen molar-refractivity contribution in [3.05, 3.63) is 298 Å². The first-order valence-electron chi connectivity index (χ1n) is 37.0. The van der Waals surface area contributed by atoms with Gasteiger partial charge in [0.15, 0.2) is 0 Å². The molecule has 9 heteroatoms. The van der Waals surface area contributed by atoms with Gasteiger partial charge in [-0.15, -0.1) is 0 Å². The summed E-state index contributed by atoms with van der Waals surface area (Å²) in [5.41, 5.74) is 16.5. The molecular formula is C95H91N9. The van der Waals surface area contributed by atoms with Gasteiger partial charge < -0.3 is 27.4 Å². The van der Waals surface area contributed by atoms with E-state index >= 15 is 0 Å². The van der Waals surface area contributed by atoms with Crippen LogP contribution >= 0.6 is 0 Å². The van der Waals surface area contributed by atoms with Gasteiger partial charge in [0.05, 0.1) is 27.6 Å². The summed E-state index contributed by atoms with van der Waals surface area (Å²) in [6, 6.07) is 99.7. The quantitative estimate of drug-likeness (QED) is 0.167. The van der Waals surface area contributed by atoms with Gasteiger partial charge in [-0.25, -0.2) is 4.98 Å². The predicted molar refractivity (Wildman–Crippen MR) is 447 cm³/mol. The number of nitrogens with zero attached hydrogens (tertiary/aromatic N) is 9. The highest BCUT2D eigenvalue weighted by Gasteiger charge is 2.19. The van der Waals surface area contributed by atoms with Crippen molar-refractivity contribution in [2.24, 2.45) is 0 Å². The zero-order valence-electron chi connectivity index (χ0n) is 61.8. The molecule has 0 saturated heterocycles. The van der Waals surface area contributed by atoms with Crippen molar-refractivity contribution in [1.29, 1.82) is 0 Å². The summed E-state index contributed by atoms with van der Waals surface area (Å²) < 4.78 is 14.3. The van der Waals surface area contributed by atoms with E-state index < -0.39 is 0 Å². The van der Waals surface area contributed by atoms with Gasteiger partial charge in [0.1, 0.15) is 5.65 Å². The van der Waals surface area contributed by atoms with E-state index in [1.54, 1.807) is 0 Å². The molecule has 9 nitrogen and oxygen atoms in total. The second-order valence-corrected chi connectivity index (χ2v) is 28.9. The molecule has 20 aromatic rings. The lowest BCUT2D eigenvalue weighted by Gasteiger charge is -2.11. The smallest absolute Gasteiger partial charge is 0.141 e. The number of fused-ring (bicyclic) bond motifs is 21. The minimum atomic E-state index is 0.428. The summed E-state index contributed by atoms with van der Waals surface area (Å²) in [6.45, 7) is 26.7. The first-order chi connectivity index (χ1) is 50.7. The molecule has 20 rings (SSSR count). The third-order valence-corrected chi connectivity index (χ3v) is 20.3. The van der Waals surface area contributed by atoms with Crippen LogP contribution < -0.4 is 0 Å². The number of hydrogen-bond acceptors (Lipinski definition) is 3. The van der Waals surface area contributed by atoms with Crippen molar-refractivity contribution < 1.29 is 0 Å². The highest BCUT2D eigenvalue weighted by molar-refractivity contribution is 6.21. The Labute approximate surface area is 608 Å². The summed E-state index contributed by atoms with van der Waals surface area (Å²) >= 11 is 0. The van der Waals surface area contributed by atoms with Crippen LogP contribution in [-0.2, 0) is 0 Å². The molecule has 0 radical (unpaired) electrons. The molecule has 11 aromatic carbocycles. The Morgan fingerprint density at radius 2 is 0.548 bits per heavy atom. The lowest BCUT2D eigenvalue weighted by Crippen LogP contribution is -2.00. The summed E-state index contributed by atoms with van der Waals surface area (Å²) in [5, 5.41) is 19.7. The summed E-state index contributed by atoms with van der Waals surface area (Å²) in [5.74, 6) is 0. The number of benzene rings is 11. The Morgan fingerprint density at radius 3 is 1.08 bits per heavy atom. The fourth-order valence-electron chi connectivity index (χ4n) is 16.2.